The standard InChI is InChI=1S/C19H20FN3O2S/c1-11-16-9-23-18(21)26-19(16,10-25-11)15-6-12(3-4-17(15)20)13-5-14(24-2)8-22-7-13/h3-8,11,16H,9-10H2,1-2H3,(H2,21,23)/t11-,16+,19-/m1/s1. The third kappa shape index (κ3) is 2.75. The molecule has 0 aliphatic carbocycles. The summed E-state index contributed by atoms with van der Waals surface area (Å²) >= 11 is 1.41. The largest absolute Gasteiger partial charge is 0.495 e. The molecule has 1 aromatic carbocycles. The molecule has 7 heteroatoms. The molecule has 26 heavy (non-hydrogen) atoms. The number of hydrogen-bond acceptors (Lipinski definition) is 6. The number of pyridine rings is 1. The van der Waals surface area contributed by atoms with Gasteiger partial charge >= 0.3 is 0 Å². The fourth-order valence-corrected chi connectivity index (χ4v) is 5.04. The minimum atomic E-state index is -0.558. The number of methoxy groups -OCH3 is 1. The Kier molecular flexibility index (Phi) is 4.36. The highest BCUT2D eigenvalue weighted by atomic mass is 32.2. The van der Waals surface area contributed by atoms with E-state index in [1.165, 1.54) is 17.8 Å². The Labute approximate surface area is 155 Å². The number of thioether (sulfide) groups is 1. The normalized spacial score (nSPS) is 27.7. The molecule has 1 saturated heterocycles. The summed E-state index contributed by atoms with van der Waals surface area (Å²) in [7, 11) is 1.60. The molecule has 2 aliphatic heterocycles. The van der Waals surface area contributed by atoms with Crippen LogP contribution in [0.4, 0.5) is 4.39 Å². The summed E-state index contributed by atoms with van der Waals surface area (Å²) in [5, 5.41) is 0.479. The molecule has 0 radical (unpaired) electrons. The molecule has 2 aromatic rings. The molecule has 0 saturated carbocycles. The Morgan fingerprint density at radius 2 is 2.15 bits per heavy atom. The molecule has 3 heterocycles. The van der Waals surface area contributed by atoms with E-state index in [2.05, 4.69) is 9.98 Å². The highest BCUT2D eigenvalue weighted by Crippen LogP contribution is 2.53. The second kappa shape index (κ2) is 6.55. The topological polar surface area (TPSA) is 69.7 Å². The number of benzene rings is 1. The summed E-state index contributed by atoms with van der Waals surface area (Å²) in [5.74, 6) is 0.480. The second-order valence-corrected chi connectivity index (χ2v) is 7.95. The van der Waals surface area contributed by atoms with Crippen molar-refractivity contribution >= 4 is 16.9 Å². The molecule has 3 atom stereocenters. The number of halogens is 1. The van der Waals surface area contributed by atoms with Crippen molar-refractivity contribution in [2.24, 2.45) is 16.6 Å². The minimum Gasteiger partial charge on any atom is -0.495 e. The van der Waals surface area contributed by atoms with E-state index in [0.717, 1.165) is 11.1 Å². The van der Waals surface area contributed by atoms with Gasteiger partial charge in [0.1, 0.15) is 11.6 Å². The summed E-state index contributed by atoms with van der Waals surface area (Å²) in [6.07, 6.45) is 3.39. The molecular formula is C19H20FN3O2S. The van der Waals surface area contributed by atoms with Crippen LogP contribution in [0.1, 0.15) is 12.5 Å². The Bertz CT molecular complexity index is 876. The lowest BCUT2D eigenvalue weighted by atomic mass is 9.83. The van der Waals surface area contributed by atoms with Crippen molar-refractivity contribution in [2.45, 2.75) is 17.8 Å². The van der Waals surface area contributed by atoms with E-state index in [-0.39, 0.29) is 17.8 Å². The fraction of sp³-hybridized carbons (Fsp3) is 0.368. The van der Waals surface area contributed by atoms with Gasteiger partial charge in [-0.15, -0.1) is 0 Å². The molecule has 5 nitrogen and oxygen atoms in total. The molecule has 1 aromatic heterocycles. The van der Waals surface area contributed by atoms with Gasteiger partial charge < -0.3 is 15.2 Å². The monoisotopic (exact) mass is 373 g/mol. The zero-order chi connectivity index (χ0) is 18.3. The number of aromatic nitrogens is 1. The summed E-state index contributed by atoms with van der Waals surface area (Å²) in [6, 6.07) is 7.02. The van der Waals surface area contributed by atoms with Crippen molar-refractivity contribution in [3.63, 3.8) is 0 Å². The summed E-state index contributed by atoms with van der Waals surface area (Å²) < 4.78 is 25.5. The first-order valence-corrected chi connectivity index (χ1v) is 9.25. The van der Waals surface area contributed by atoms with Crippen molar-refractivity contribution in [2.75, 3.05) is 20.3 Å². The first-order chi connectivity index (χ1) is 12.5. The second-order valence-electron chi connectivity index (χ2n) is 6.60. The molecule has 1 fully saturated rings. The number of amidine groups is 1. The average molecular weight is 373 g/mol. The van der Waals surface area contributed by atoms with Crippen LogP contribution in [0, 0.1) is 11.7 Å². The number of nitrogens with zero attached hydrogens (tertiary/aromatic N) is 2. The summed E-state index contributed by atoms with van der Waals surface area (Å²) in [6.45, 7) is 2.97. The van der Waals surface area contributed by atoms with Crippen LogP contribution >= 0.6 is 11.8 Å². The number of rotatable bonds is 3. The third-order valence-electron chi connectivity index (χ3n) is 5.16. The number of nitrogens with two attached hydrogens (primary N) is 1. The van der Waals surface area contributed by atoms with Crippen LogP contribution in [0.5, 0.6) is 5.75 Å². The van der Waals surface area contributed by atoms with Gasteiger partial charge in [-0.2, -0.15) is 0 Å². The van der Waals surface area contributed by atoms with Crippen molar-refractivity contribution in [1.82, 2.24) is 4.98 Å². The lowest BCUT2D eigenvalue weighted by molar-refractivity contribution is 0.107. The SMILES string of the molecule is COc1cncc(-c2ccc(F)c([C@]34CO[C@H](C)[C@@H]3CN=C(N)S4)c2)c1. The zero-order valence-electron chi connectivity index (χ0n) is 14.6. The smallest absolute Gasteiger partial charge is 0.154 e. The summed E-state index contributed by atoms with van der Waals surface area (Å²) in [4.78, 5) is 8.55. The molecule has 0 unspecified atom stereocenters. The highest BCUT2D eigenvalue weighted by molar-refractivity contribution is 8.14. The number of hydrogen-bond donors (Lipinski definition) is 1. The summed E-state index contributed by atoms with van der Waals surface area (Å²) in [5.41, 5.74) is 8.36. The first kappa shape index (κ1) is 17.3. The van der Waals surface area contributed by atoms with Crippen molar-refractivity contribution < 1.29 is 13.9 Å². The predicted octanol–water partition coefficient (Wildman–Crippen LogP) is 3.19. The van der Waals surface area contributed by atoms with Crippen LogP contribution in [-0.2, 0) is 9.48 Å². The maximum Gasteiger partial charge on any atom is 0.154 e. The van der Waals surface area contributed by atoms with Gasteiger partial charge in [-0.25, -0.2) is 4.39 Å². The lowest BCUT2D eigenvalue weighted by Crippen LogP contribution is -2.41. The van der Waals surface area contributed by atoms with E-state index in [9.17, 15) is 4.39 Å². The van der Waals surface area contributed by atoms with Crippen LogP contribution < -0.4 is 10.5 Å². The maximum absolute atomic E-state index is 14.9. The van der Waals surface area contributed by atoms with Crippen LogP contribution in [0.15, 0.2) is 41.7 Å². The molecule has 0 spiro atoms. The van der Waals surface area contributed by atoms with Gasteiger partial charge in [-0.05, 0) is 30.7 Å². The Morgan fingerprint density at radius 3 is 2.96 bits per heavy atom. The van der Waals surface area contributed by atoms with E-state index in [1.807, 2.05) is 19.1 Å². The van der Waals surface area contributed by atoms with E-state index >= 15 is 0 Å². The Morgan fingerprint density at radius 1 is 1.31 bits per heavy atom. The van der Waals surface area contributed by atoms with Gasteiger partial charge in [0.15, 0.2) is 5.17 Å². The van der Waals surface area contributed by atoms with E-state index in [0.29, 0.717) is 29.6 Å². The molecular weight excluding hydrogens is 353 g/mol. The maximum atomic E-state index is 14.9. The zero-order valence-corrected chi connectivity index (χ0v) is 15.4. The molecule has 4 rings (SSSR count). The molecule has 136 valence electrons. The van der Waals surface area contributed by atoms with Gasteiger partial charge in [-0.1, -0.05) is 17.8 Å². The van der Waals surface area contributed by atoms with Crippen molar-refractivity contribution in [3.8, 4) is 16.9 Å². The number of fused-ring (bicyclic) bond motifs is 1. The predicted molar refractivity (Wildman–Crippen MR) is 101 cm³/mol. The molecule has 0 bridgehead atoms. The minimum absolute atomic E-state index is 0.000826. The van der Waals surface area contributed by atoms with Crippen LogP contribution in [0.2, 0.25) is 0 Å². The fourth-order valence-electron chi connectivity index (χ4n) is 3.72. The van der Waals surface area contributed by atoms with E-state index in [4.69, 9.17) is 15.2 Å². The average Bonchev–Trinajstić information content (AvgIpc) is 2.99. The van der Waals surface area contributed by atoms with E-state index < -0.39 is 4.75 Å². The Hall–Kier alpha value is -2.12. The van der Waals surface area contributed by atoms with Crippen LogP contribution in [-0.4, -0.2) is 36.5 Å². The van der Waals surface area contributed by atoms with Gasteiger partial charge in [0.05, 0.1) is 30.8 Å². The lowest BCUT2D eigenvalue weighted by Gasteiger charge is -2.37. The molecule has 0 amide bonds. The third-order valence-corrected chi connectivity index (χ3v) is 6.50. The van der Waals surface area contributed by atoms with Crippen LogP contribution in [0.25, 0.3) is 11.1 Å². The van der Waals surface area contributed by atoms with Crippen molar-refractivity contribution in [3.05, 3.63) is 48.0 Å². The molecule has 2 N–H and O–H groups in total. The number of aliphatic imine (C=N–C) groups is 1. The quantitative estimate of drug-likeness (QED) is 0.895. The molecule has 2 aliphatic rings. The van der Waals surface area contributed by atoms with Gasteiger partial charge in [0.25, 0.3) is 0 Å². The Balaban J connectivity index is 1.82. The van der Waals surface area contributed by atoms with E-state index in [1.54, 1.807) is 25.6 Å². The number of ether oxygens (including phenoxy) is 2. The van der Waals surface area contributed by atoms with Gasteiger partial charge in [0.2, 0.25) is 0 Å². The highest BCUT2D eigenvalue weighted by Gasteiger charge is 2.53. The first-order valence-electron chi connectivity index (χ1n) is 8.43. The van der Waals surface area contributed by atoms with Gasteiger partial charge in [0, 0.05) is 29.8 Å². The van der Waals surface area contributed by atoms with Crippen LogP contribution in [0.3, 0.4) is 0 Å². The van der Waals surface area contributed by atoms with Crippen molar-refractivity contribution in [1.29, 1.82) is 0 Å². The van der Waals surface area contributed by atoms with Gasteiger partial charge in [-0.3, -0.25) is 9.98 Å².